The lowest BCUT2D eigenvalue weighted by atomic mass is 9.77. The molecule has 0 saturated heterocycles. The van der Waals surface area contributed by atoms with Gasteiger partial charge in [0.1, 0.15) is 0 Å². The van der Waals surface area contributed by atoms with Crippen molar-refractivity contribution in [3.8, 4) is 16.9 Å². The maximum Gasteiger partial charge on any atom is 0.391 e. The highest BCUT2D eigenvalue weighted by molar-refractivity contribution is 8.05. The number of para-hydroxylation sites is 1. The van der Waals surface area contributed by atoms with E-state index in [4.69, 9.17) is 15.7 Å². The molecule has 1 heterocycles. The van der Waals surface area contributed by atoms with Gasteiger partial charge in [-0.05, 0) is 42.7 Å². The Kier molecular flexibility index (Phi) is 5.70. The molecule has 0 bridgehead atoms. The maximum absolute atomic E-state index is 12.8. The van der Waals surface area contributed by atoms with Crippen molar-refractivity contribution in [3.05, 3.63) is 48.5 Å². The molecule has 1 saturated carbocycles. The van der Waals surface area contributed by atoms with E-state index in [1.54, 1.807) is 0 Å². The van der Waals surface area contributed by atoms with Gasteiger partial charge >= 0.3 is 11.4 Å². The highest BCUT2D eigenvalue weighted by Crippen LogP contribution is 2.67. The lowest BCUT2D eigenvalue weighted by molar-refractivity contribution is 0.236. The van der Waals surface area contributed by atoms with E-state index in [1.165, 1.54) is 6.42 Å². The molecule has 6 heteroatoms. The van der Waals surface area contributed by atoms with Crippen molar-refractivity contribution in [3.63, 3.8) is 0 Å². The van der Waals surface area contributed by atoms with Gasteiger partial charge in [0.05, 0.1) is 11.0 Å². The van der Waals surface area contributed by atoms with Crippen LogP contribution in [0.1, 0.15) is 40.0 Å². The van der Waals surface area contributed by atoms with Crippen molar-refractivity contribution in [1.29, 1.82) is 0 Å². The Morgan fingerprint density at radius 1 is 1.07 bits per heavy atom. The van der Waals surface area contributed by atoms with Crippen molar-refractivity contribution in [1.82, 2.24) is 0 Å². The van der Waals surface area contributed by atoms with Crippen LogP contribution in [-0.4, -0.2) is 17.4 Å². The average molecular weight is 413 g/mol. The predicted octanol–water partition coefficient (Wildman–Crippen LogP) is 5.44. The molecule has 1 aliphatic heterocycles. The molecule has 1 aliphatic carbocycles. The molecule has 2 aromatic carbocycles. The van der Waals surface area contributed by atoms with Gasteiger partial charge in [-0.2, -0.15) is 8.18 Å². The Labute approximate surface area is 172 Å². The highest BCUT2D eigenvalue weighted by Gasteiger charge is 2.47. The summed E-state index contributed by atoms with van der Waals surface area (Å²) in [6, 6.07) is 15.9. The molecule has 0 N–H and O–H groups in total. The largest absolute Gasteiger partial charge is 0.391 e. The Bertz CT molecular complexity index is 890. The normalized spacial score (nSPS) is 32.6. The molecule has 3 radical (unpaired) electrons. The lowest BCUT2D eigenvalue weighted by Gasteiger charge is -2.49. The van der Waals surface area contributed by atoms with Crippen molar-refractivity contribution < 1.29 is 12.4 Å². The van der Waals surface area contributed by atoms with Crippen LogP contribution in [0.3, 0.4) is 0 Å². The first-order valence-corrected chi connectivity index (χ1v) is 12.9. The third kappa shape index (κ3) is 3.58. The van der Waals surface area contributed by atoms with Crippen LogP contribution < -0.4 is 9.49 Å². The monoisotopic (exact) mass is 413 g/mol. The summed E-state index contributed by atoms with van der Waals surface area (Å²) in [5.41, 5.74) is 2.14. The molecule has 1 unspecified atom stereocenters. The van der Waals surface area contributed by atoms with E-state index in [9.17, 15) is 4.21 Å². The van der Waals surface area contributed by atoms with E-state index in [0.29, 0.717) is 23.5 Å². The zero-order valence-corrected chi connectivity index (χ0v) is 18.4. The molecule has 4 rings (SSSR count). The van der Waals surface area contributed by atoms with Gasteiger partial charge in [0, 0.05) is 11.1 Å². The number of rotatable bonds is 2. The second-order valence-electron chi connectivity index (χ2n) is 8.48. The predicted molar refractivity (Wildman–Crippen MR) is 119 cm³/mol. The molecule has 2 aliphatic rings. The highest BCUT2D eigenvalue weighted by atomic mass is 32.2. The summed E-state index contributed by atoms with van der Waals surface area (Å²) >= 11 is -1.92. The molecular weight excluding hydrogens is 386 g/mol. The van der Waals surface area contributed by atoms with Crippen molar-refractivity contribution in [2.45, 2.75) is 45.7 Å². The molecule has 2 aromatic rings. The van der Waals surface area contributed by atoms with Gasteiger partial charge in [0.25, 0.3) is 0 Å². The SMILES string of the molecule is [B-][P+]1([C@@H]2C[C@H](C)CC[C@H]2C(C)C)O[S@@](=O)Oc2ccccc2-c2ccccc21. The van der Waals surface area contributed by atoms with E-state index in [1.807, 2.05) is 36.4 Å². The van der Waals surface area contributed by atoms with Crippen molar-refractivity contribution in [2.24, 2.45) is 17.8 Å². The molecule has 1 fully saturated rings. The minimum Gasteiger partial charge on any atom is -0.377 e. The van der Waals surface area contributed by atoms with Gasteiger partial charge in [0.2, 0.25) is 0 Å². The third-order valence-electron chi connectivity index (χ3n) is 6.28. The second kappa shape index (κ2) is 7.93. The second-order valence-corrected chi connectivity index (χ2v) is 12.2. The maximum atomic E-state index is 12.8. The minimum absolute atomic E-state index is 0.176. The van der Waals surface area contributed by atoms with E-state index < -0.39 is 18.7 Å². The fraction of sp³-hybridized carbons (Fsp3) is 0.455. The Balaban J connectivity index is 1.91. The third-order valence-corrected chi connectivity index (χ3v) is 10.8. The van der Waals surface area contributed by atoms with Gasteiger partial charge in [0.15, 0.2) is 5.75 Å². The van der Waals surface area contributed by atoms with Crippen LogP contribution in [0.15, 0.2) is 48.5 Å². The number of benzene rings is 2. The molecule has 0 aromatic heterocycles. The van der Waals surface area contributed by atoms with Crippen LogP contribution >= 0.6 is 7.37 Å². The summed E-state index contributed by atoms with van der Waals surface area (Å²) in [7, 11) is 4.48. The molecule has 0 amide bonds. The van der Waals surface area contributed by atoms with Crippen LogP contribution in [0.2, 0.25) is 0 Å². The topological polar surface area (TPSA) is 35.5 Å². The van der Waals surface area contributed by atoms with Gasteiger partial charge in [-0.15, -0.1) is 0 Å². The molecule has 147 valence electrons. The first kappa shape index (κ1) is 20.1. The summed E-state index contributed by atoms with van der Waals surface area (Å²) in [6.07, 6.45) is 3.35. The molecular formula is C22H27BO3PS. The van der Waals surface area contributed by atoms with Crippen molar-refractivity contribution in [2.75, 3.05) is 0 Å². The van der Waals surface area contributed by atoms with Gasteiger partial charge < -0.3 is 4.18 Å². The number of fused-ring (bicyclic) bond motifs is 3. The van der Waals surface area contributed by atoms with Gasteiger partial charge in [-0.3, -0.25) is 7.57 Å². The Hall–Kier alpha value is -1.16. The summed E-state index contributed by atoms with van der Waals surface area (Å²) in [6.45, 7) is 6.81. The van der Waals surface area contributed by atoms with Crippen LogP contribution in [-0.2, 0) is 15.3 Å². The standard InChI is InChI=1S/C22H27BO3PS/c1-15(2)17-13-12-16(3)14-22(17)27(23)21-11-7-5-9-19(21)18-8-4-6-10-20(18)25-28(24)26-27/h4-11,15-17,22H,12-14H2,1-3H3/t16-,17+,22-,27?,28+/m1/s1. The van der Waals surface area contributed by atoms with Gasteiger partial charge in [-0.25, -0.2) is 0 Å². The molecule has 0 spiro atoms. The minimum atomic E-state index is -2.68. The average Bonchev–Trinajstić information content (AvgIpc) is 2.67. The van der Waals surface area contributed by atoms with Crippen LogP contribution in [0, 0.1) is 17.8 Å². The summed E-state index contributed by atoms with van der Waals surface area (Å²) in [5, 5.41) is 1.00. The van der Waals surface area contributed by atoms with E-state index in [-0.39, 0.29) is 5.66 Å². The fourth-order valence-corrected chi connectivity index (χ4v) is 9.79. The van der Waals surface area contributed by atoms with Crippen LogP contribution in [0.5, 0.6) is 5.75 Å². The molecule has 5 atom stereocenters. The quantitative estimate of drug-likeness (QED) is 0.486. The summed E-state index contributed by atoms with van der Waals surface area (Å²) in [5.74, 6) is 2.11. The molecule has 28 heavy (non-hydrogen) atoms. The Morgan fingerprint density at radius 2 is 1.75 bits per heavy atom. The number of hydrogen-bond acceptors (Lipinski definition) is 3. The lowest BCUT2D eigenvalue weighted by Crippen LogP contribution is -2.39. The zero-order valence-electron chi connectivity index (χ0n) is 16.7. The number of hydrogen-bond donors (Lipinski definition) is 0. The van der Waals surface area contributed by atoms with E-state index in [2.05, 4.69) is 32.9 Å². The zero-order chi connectivity index (χ0) is 19.9. The molecule has 3 nitrogen and oxygen atoms in total. The fourth-order valence-electron chi connectivity index (χ4n) is 4.82. The summed E-state index contributed by atoms with van der Waals surface area (Å²) in [4.78, 5) is 0. The first-order valence-electron chi connectivity index (χ1n) is 10.1. The first-order chi connectivity index (χ1) is 13.4. The van der Waals surface area contributed by atoms with Crippen molar-refractivity contribution >= 4 is 31.6 Å². The smallest absolute Gasteiger partial charge is 0.377 e. The van der Waals surface area contributed by atoms with E-state index in [0.717, 1.165) is 29.3 Å². The Morgan fingerprint density at radius 3 is 2.50 bits per heavy atom. The van der Waals surface area contributed by atoms with Crippen LogP contribution in [0.4, 0.5) is 0 Å². The van der Waals surface area contributed by atoms with Gasteiger partial charge in [-0.1, -0.05) is 71.0 Å². The van der Waals surface area contributed by atoms with Crippen LogP contribution in [0.25, 0.3) is 11.1 Å². The van der Waals surface area contributed by atoms with E-state index >= 15 is 0 Å². The summed E-state index contributed by atoms with van der Waals surface area (Å²) < 4.78 is 24.7.